The number of carbonyl (C=O) groups is 3. The molecule has 5 rings (SSSR count). The zero-order valence-electron chi connectivity index (χ0n) is 22.2. The number of hydrogen-bond acceptors (Lipinski definition) is 8. The van der Waals surface area contributed by atoms with Crippen molar-refractivity contribution in [2.45, 2.75) is 57.3 Å². The Labute approximate surface area is 227 Å². The summed E-state index contributed by atoms with van der Waals surface area (Å²) in [5.74, 6) is 1.01. The number of aldehydes is 1. The monoisotopic (exact) mass is 532 g/mol. The number of nitrogens with one attached hydrogen (secondary N) is 1. The van der Waals surface area contributed by atoms with Gasteiger partial charge in [0.25, 0.3) is 5.91 Å². The first-order chi connectivity index (χ1) is 18.9. The zero-order valence-corrected chi connectivity index (χ0v) is 22.2. The smallest absolute Gasteiger partial charge is 0.328 e. The van der Waals surface area contributed by atoms with Gasteiger partial charge in [-0.3, -0.25) is 19.8 Å². The molecular formula is C28H32N6O5. The van der Waals surface area contributed by atoms with Crippen molar-refractivity contribution in [3.63, 3.8) is 0 Å². The van der Waals surface area contributed by atoms with Crippen LogP contribution in [0.2, 0.25) is 0 Å². The molecule has 2 aliphatic heterocycles. The lowest BCUT2D eigenvalue weighted by Gasteiger charge is -2.35. The second-order valence-corrected chi connectivity index (χ2v) is 10.2. The van der Waals surface area contributed by atoms with Crippen LogP contribution in [0.5, 0.6) is 0 Å². The largest absolute Gasteiger partial charge is 0.381 e. The normalized spacial score (nSPS) is 22.2. The van der Waals surface area contributed by atoms with E-state index in [1.807, 2.05) is 6.07 Å². The fourth-order valence-electron chi connectivity index (χ4n) is 5.65. The Bertz CT molecular complexity index is 1320. The van der Waals surface area contributed by atoms with Crippen molar-refractivity contribution in [1.82, 2.24) is 14.9 Å². The van der Waals surface area contributed by atoms with E-state index in [0.717, 1.165) is 30.4 Å². The van der Waals surface area contributed by atoms with Crippen LogP contribution < -0.4 is 10.2 Å². The van der Waals surface area contributed by atoms with Gasteiger partial charge >= 0.3 is 6.03 Å². The molecule has 2 aromatic rings. The molecule has 2 fully saturated rings. The Kier molecular flexibility index (Phi) is 7.86. The SMILES string of the molecule is CO[C@H]1CCN(Cc2cc3c(nc2C=O)N(C(=O)Nc2cc(C[C@H]4CC[C@H]4OC)c(C#N)cn2)CCC3)C1=O. The van der Waals surface area contributed by atoms with Crippen molar-refractivity contribution in [3.8, 4) is 6.07 Å². The highest BCUT2D eigenvalue weighted by Gasteiger charge is 2.34. The van der Waals surface area contributed by atoms with Gasteiger partial charge in [-0.05, 0) is 61.3 Å². The molecule has 11 nitrogen and oxygen atoms in total. The highest BCUT2D eigenvalue weighted by Crippen LogP contribution is 2.34. The van der Waals surface area contributed by atoms with E-state index >= 15 is 0 Å². The standard InChI is InChI=1S/C28H32N6O5/c1-38-23-6-5-17(23)10-19-12-25(30-14-21(19)13-29)32-28(37)34-8-3-4-18-11-20(22(16-35)31-26(18)34)15-33-9-7-24(39-2)27(33)36/h11-12,14,16-17,23-24H,3-10,15H2,1-2H3,(H,30,32,37)/t17-,23-,24+/m1/s1. The van der Waals surface area contributed by atoms with Gasteiger partial charge in [0.05, 0.1) is 11.7 Å². The molecule has 204 valence electrons. The minimum atomic E-state index is -0.457. The number of ether oxygens (including phenoxy) is 2. The Balaban J connectivity index is 1.34. The fourth-order valence-corrected chi connectivity index (χ4v) is 5.65. The molecule has 2 aromatic heterocycles. The number of fused-ring (bicyclic) bond motifs is 1. The van der Waals surface area contributed by atoms with Crippen LogP contribution >= 0.6 is 0 Å². The van der Waals surface area contributed by atoms with E-state index in [1.165, 1.54) is 18.2 Å². The van der Waals surface area contributed by atoms with E-state index in [2.05, 4.69) is 21.4 Å². The van der Waals surface area contributed by atoms with Crippen molar-refractivity contribution in [1.29, 1.82) is 5.26 Å². The number of aromatic nitrogens is 2. The van der Waals surface area contributed by atoms with E-state index in [4.69, 9.17) is 9.47 Å². The van der Waals surface area contributed by atoms with Crippen molar-refractivity contribution >= 4 is 29.9 Å². The molecule has 0 unspecified atom stereocenters. The van der Waals surface area contributed by atoms with Gasteiger partial charge in [-0.1, -0.05) is 0 Å². The third kappa shape index (κ3) is 5.35. The topological polar surface area (TPSA) is 138 Å². The lowest BCUT2D eigenvalue weighted by Crippen LogP contribution is -2.40. The number of nitrogens with zero attached hydrogens (tertiary/aromatic N) is 5. The molecule has 0 aromatic carbocycles. The van der Waals surface area contributed by atoms with Gasteiger partial charge in [0.2, 0.25) is 0 Å². The molecule has 4 heterocycles. The summed E-state index contributed by atoms with van der Waals surface area (Å²) in [6.45, 7) is 1.25. The fraction of sp³-hybridized carbons (Fsp3) is 0.500. The van der Waals surface area contributed by atoms with Crippen molar-refractivity contribution < 1.29 is 23.9 Å². The van der Waals surface area contributed by atoms with Crippen molar-refractivity contribution in [2.75, 3.05) is 37.5 Å². The quantitative estimate of drug-likeness (QED) is 0.512. The molecule has 1 saturated carbocycles. The maximum absolute atomic E-state index is 13.4. The predicted octanol–water partition coefficient (Wildman–Crippen LogP) is 2.86. The number of nitriles is 1. The van der Waals surface area contributed by atoms with Gasteiger partial charge in [-0.15, -0.1) is 0 Å². The second-order valence-electron chi connectivity index (χ2n) is 10.2. The van der Waals surface area contributed by atoms with E-state index in [9.17, 15) is 19.6 Å². The predicted molar refractivity (Wildman–Crippen MR) is 141 cm³/mol. The van der Waals surface area contributed by atoms with Crippen molar-refractivity contribution in [2.24, 2.45) is 5.92 Å². The van der Waals surface area contributed by atoms with Gasteiger partial charge < -0.3 is 14.4 Å². The minimum Gasteiger partial charge on any atom is -0.381 e. The summed E-state index contributed by atoms with van der Waals surface area (Å²) in [5, 5.41) is 12.4. The molecule has 1 aliphatic carbocycles. The first-order valence-corrected chi connectivity index (χ1v) is 13.3. The summed E-state index contributed by atoms with van der Waals surface area (Å²) in [6, 6.07) is 5.41. The van der Waals surface area contributed by atoms with Gasteiger partial charge in [0.15, 0.2) is 6.29 Å². The molecule has 3 amide bonds. The van der Waals surface area contributed by atoms with Gasteiger partial charge in [0.1, 0.15) is 29.5 Å². The number of methoxy groups -OCH3 is 2. The van der Waals surface area contributed by atoms with Gasteiger partial charge in [-0.2, -0.15) is 5.26 Å². The Morgan fingerprint density at radius 2 is 2.05 bits per heavy atom. The number of likely N-dealkylation sites (tertiary alicyclic amines) is 1. The molecule has 39 heavy (non-hydrogen) atoms. The molecule has 0 radical (unpaired) electrons. The van der Waals surface area contributed by atoms with Crippen LogP contribution in [0.15, 0.2) is 18.3 Å². The third-order valence-electron chi connectivity index (χ3n) is 8.00. The summed E-state index contributed by atoms with van der Waals surface area (Å²) in [6.07, 6.45) is 6.62. The van der Waals surface area contributed by atoms with Crippen LogP contribution in [0.25, 0.3) is 0 Å². The Morgan fingerprint density at radius 3 is 2.72 bits per heavy atom. The summed E-state index contributed by atoms with van der Waals surface area (Å²) in [4.78, 5) is 49.9. The average Bonchev–Trinajstić information content (AvgIpc) is 3.29. The number of aryl methyl sites for hydroxylation is 1. The van der Waals surface area contributed by atoms with Crippen LogP contribution in [0.3, 0.4) is 0 Å². The first-order valence-electron chi connectivity index (χ1n) is 13.3. The summed E-state index contributed by atoms with van der Waals surface area (Å²) >= 11 is 0. The van der Waals surface area contributed by atoms with Crippen LogP contribution in [0.4, 0.5) is 16.4 Å². The number of urea groups is 1. The maximum atomic E-state index is 13.4. The van der Waals surface area contributed by atoms with Crippen LogP contribution in [0, 0.1) is 17.2 Å². The molecule has 0 bridgehead atoms. The van der Waals surface area contributed by atoms with E-state index in [0.29, 0.717) is 67.3 Å². The molecular weight excluding hydrogens is 500 g/mol. The third-order valence-corrected chi connectivity index (χ3v) is 8.00. The summed E-state index contributed by atoms with van der Waals surface area (Å²) < 4.78 is 10.7. The summed E-state index contributed by atoms with van der Waals surface area (Å²) in [7, 11) is 3.22. The van der Waals surface area contributed by atoms with Crippen LogP contribution in [-0.4, -0.2) is 72.6 Å². The molecule has 1 N–H and O–H groups in total. The number of hydrogen-bond donors (Lipinski definition) is 1. The van der Waals surface area contributed by atoms with Gasteiger partial charge in [-0.25, -0.2) is 14.8 Å². The highest BCUT2D eigenvalue weighted by molar-refractivity contribution is 6.01. The molecule has 3 aliphatic rings. The molecule has 3 atom stereocenters. The Morgan fingerprint density at radius 1 is 1.21 bits per heavy atom. The summed E-state index contributed by atoms with van der Waals surface area (Å²) in [5.41, 5.74) is 3.01. The number of pyridine rings is 2. The lowest BCUT2D eigenvalue weighted by molar-refractivity contribution is -0.136. The van der Waals surface area contributed by atoms with E-state index in [-0.39, 0.29) is 24.2 Å². The molecule has 11 heteroatoms. The molecule has 0 spiro atoms. The number of rotatable bonds is 8. The zero-order chi connectivity index (χ0) is 27.5. The number of anilines is 2. The Hall–Kier alpha value is -3.88. The van der Waals surface area contributed by atoms with Crippen LogP contribution in [-0.2, 0) is 33.7 Å². The molecule has 1 saturated heterocycles. The maximum Gasteiger partial charge on any atom is 0.328 e. The first kappa shape index (κ1) is 26.7. The van der Waals surface area contributed by atoms with E-state index in [1.54, 1.807) is 18.1 Å². The van der Waals surface area contributed by atoms with E-state index < -0.39 is 12.1 Å². The van der Waals surface area contributed by atoms with Gasteiger partial charge in [0, 0.05) is 52.0 Å². The second kappa shape index (κ2) is 11.5. The van der Waals surface area contributed by atoms with Crippen molar-refractivity contribution in [3.05, 3.63) is 46.3 Å². The number of amides is 3. The number of carbonyl (C=O) groups excluding carboxylic acids is 3. The minimum absolute atomic E-state index is 0.0996. The highest BCUT2D eigenvalue weighted by atomic mass is 16.5. The lowest BCUT2D eigenvalue weighted by atomic mass is 9.77. The average molecular weight is 533 g/mol. The van der Waals surface area contributed by atoms with Crippen LogP contribution in [0.1, 0.15) is 58.4 Å².